The highest BCUT2D eigenvalue weighted by atomic mass is 16.2. The van der Waals surface area contributed by atoms with Gasteiger partial charge in [-0.25, -0.2) is 0 Å². The lowest BCUT2D eigenvalue weighted by molar-refractivity contribution is -0.140. The topological polar surface area (TPSA) is 46.3 Å². The van der Waals surface area contributed by atoms with Crippen molar-refractivity contribution in [2.45, 2.75) is 57.5 Å². The number of rotatable bonds is 4. The highest BCUT2D eigenvalue weighted by Gasteiger charge is 2.37. The van der Waals surface area contributed by atoms with E-state index in [1.165, 1.54) is 6.42 Å². The molecule has 0 bridgehead atoms. The van der Waals surface area contributed by atoms with Crippen molar-refractivity contribution in [3.63, 3.8) is 0 Å². The van der Waals surface area contributed by atoms with Crippen LogP contribution in [0.4, 0.5) is 0 Å². The second kappa shape index (κ2) is 6.40. The van der Waals surface area contributed by atoms with Crippen LogP contribution in [0.15, 0.2) is 30.3 Å². The van der Waals surface area contributed by atoms with Crippen LogP contribution in [0, 0.1) is 0 Å². The SMILES string of the molecule is CCCC1CCCCN1C(=O)C(C)(N)c1ccccc1. The molecule has 2 unspecified atom stereocenters. The van der Waals surface area contributed by atoms with Gasteiger partial charge in [-0.1, -0.05) is 43.7 Å². The molecule has 1 aliphatic heterocycles. The van der Waals surface area contributed by atoms with Crippen LogP contribution < -0.4 is 5.73 Å². The first-order valence-corrected chi connectivity index (χ1v) is 7.73. The number of carbonyl (C=O) groups is 1. The van der Waals surface area contributed by atoms with E-state index in [2.05, 4.69) is 6.92 Å². The molecular formula is C17H26N2O. The molecule has 2 atom stereocenters. The Morgan fingerprint density at radius 1 is 1.35 bits per heavy atom. The summed E-state index contributed by atoms with van der Waals surface area (Å²) in [5.41, 5.74) is 6.35. The standard InChI is InChI=1S/C17H26N2O/c1-3-9-15-12-7-8-13-19(15)16(20)17(2,18)14-10-5-4-6-11-14/h4-6,10-11,15H,3,7-9,12-13,18H2,1-2H3. The first-order valence-electron chi connectivity index (χ1n) is 7.73. The molecule has 1 amide bonds. The Hall–Kier alpha value is -1.35. The highest BCUT2D eigenvalue weighted by Crippen LogP contribution is 2.27. The maximum Gasteiger partial charge on any atom is 0.247 e. The van der Waals surface area contributed by atoms with E-state index < -0.39 is 5.54 Å². The van der Waals surface area contributed by atoms with Gasteiger partial charge in [-0.2, -0.15) is 0 Å². The second-order valence-electron chi connectivity index (χ2n) is 6.01. The minimum Gasteiger partial charge on any atom is -0.338 e. The first-order chi connectivity index (χ1) is 9.57. The summed E-state index contributed by atoms with van der Waals surface area (Å²) in [4.78, 5) is 14.9. The van der Waals surface area contributed by atoms with Gasteiger partial charge in [0.1, 0.15) is 5.54 Å². The number of nitrogens with two attached hydrogens (primary N) is 1. The lowest BCUT2D eigenvalue weighted by Gasteiger charge is -2.40. The van der Waals surface area contributed by atoms with Crippen LogP contribution >= 0.6 is 0 Å². The second-order valence-corrected chi connectivity index (χ2v) is 6.01. The summed E-state index contributed by atoms with van der Waals surface area (Å²) in [6.45, 7) is 4.86. The Kier molecular flexibility index (Phi) is 4.81. The van der Waals surface area contributed by atoms with E-state index in [0.29, 0.717) is 6.04 Å². The van der Waals surface area contributed by atoms with Crippen LogP contribution in [0.1, 0.15) is 51.5 Å². The summed E-state index contributed by atoms with van der Waals surface area (Å²) in [5, 5.41) is 0. The number of likely N-dealkylation sites (tertiary alicyclic amines) is 1. The predicted octanol–water partition coefficient (Wildman–Crippen LogP) is 3.04. The zero-order valence-corrected chi connectivity index (χ0v) is 12.6. The fourth-order valence-corrected chi connectivity index (χ4v) is 3.11. The molecule has 1 heterocycles. The third-order valence-electron chi connectivity index (χ3n) is 4.33. The Morgan fingerprint density at radius 3 is 2.70 bits per heavy atom. The van der Waals surface area contributed by atoms with Gasteiger partial charge in [0.25, 0.3) is 0 Å². The molecule has 1 saturated heterocycles. The first kappa shape index (κ1) is 15.0. The minimum atomic E-state index is -0.926. The third-order valence-corrected chi connectivity index (χ3v) is 4.33. The fraction of sp³-hybridized carbons (Fsp3) is 0.588. The van der Waals surface area contributed by atoms with Gasteiger partial charge in [0.05, 0.1) is 0 Å². The molecule has 1 aromatic carbocycles. The van der Waals surface area contributed by atoms with Crippen molar-refractivity contribution >= 4 is 5.91 Å². The molecule has 1 aliphatic rings. The van der Waals surface area contributed by atoms with Crippen molar-refractivity contribution in [2.75, 3.05) is 6.54 Å². The maximum atomic E-state index is 12.9. The van der Waals surface area contributed by atoms with Crippen molar-refractivity contribution in [1.29, 1.82) is 0 Å². The van der Waals surface area contributed by atoms with Crippen LogP contribution in [0.5, 0.6) is 0 Å². The van der Waals surface area contributed by atoms with Gasteiger partial charge in [0, 0.05) is 12.6 Å². The van der Waals surface area contributed by atoms with Crippen LogP contribution in [-0.2, 0) is 10.3 Å². The summed E-state index contributed by atoms with van der Waals surface area (Å²) in [6, 6.07) is 10.1. The van der Waals surface area contributed by atoms with Crippen molar-refractivity contribution in [3.05, 3.63) is 35.9 Å². The van der Waals surface area contributed by atoms with Crippen LogP contribution in [0.2, 0.25) is 0 Å². The summed E-state index contributed by atoms with van der Waals surface area (Å²) >= 11 is 0. The smallest absolute Gasteiger partial charge is 0.247 e. The third kappa shape index (κ3) is 3.04. The average Bonchev–Trinajstić information content (AvgIpc) is 2.48. The summed E-state index contributed by atoms with van der Waals surface area (Å²) in [5.74, 6) is 0.0712. The molecule has 0 saturated carbocycles. The number of benzene rings is 1. The van der Waals surface area contributed by atoms with Gasteiger partial charge in [-0.3, -0.25) is 4.79 Å². The van der Waals surface area contributed by atoms with E-state index in [1.54, 1.807) is 0 Å². The zero-order chi connectivity index (χ0) is 14.6. The number of piperidine rings is 1. The van der Waals surface area contributed by atoms with E-state index in [0.717, 1.165) is 37.8 Å². The molecule has 3 nitrogen and oxygen atoms in total. The molecule has 20 heavy (non-hydrogen) atoms. The summed E-state index contributed by atoms with van der Waals surface area (Å²) in [7, 11) is 0. The molecule has 2 N–H and O–H groups in total. The van der Waals surface area contributed by atoms with Crippen LogP contribution in [0.3, 0.4) is 0 Å². The van der Waals surface area contributed by atoms with Gasteiger partial charge in [-0.15, -0.1) is 0 Å². The lowest BCUT2D eigenvalue weighted by Crippen LogP contribution is -2.55. The average molecular weight is 274 g/mol. The quantitative estimate of drug-likeness (QED) is 0.917. The van der Waals surface area contributed by atoms with E-state index in [9.17, 15) is 4.79 Å². The minimum absolute atomic E-state index is 0.0712. The maximum absolute atomic E-state index is 12.9. The van der Waals surface area contributed by atoms with Crippen molar-refractivity contribution in [2.24, 2.45) is 5.73 Å². The number of hydrogen-bond donors (Lipinski definition) is 1. The normalized spacial score (nSPS) is 22.4. The molecule has 110 valence electrons. The Balaban J connectivity index is 2.20. The molecule has 1 aromatic rings. The van der Waals surface area contributed by atoms with E-state index in [1.807, 2.05) is 42.2 Å². The molecule has 3 heteroatoms. The molecular weight excluding hydrogens is 248 g/mol. The molecule has 1 fully saturated rings. The number of hydrogen-bond acceptors (Lipinski definition) is 2. The van der Waals surface area contributed by atoms with Crippen molar-refractivity contribution in [3.8, 4) is 0 Å². The Morgan fingerprint density at radius 2 is 2.05 bits per heavy atom. The van der Waals surface area contributed by atoms with Gasteiger partial charge >= 0.3 is 0 Å². The van der Waals surface area contributed by atoms with Gasteiger partial charge < -0.3 is 10.6 Å². The van der Waals surface area contributed by atoms with E-state index in [4.69, 9.17) is 5.73 Å². The summed E-state index contributed by atoms with van der Waals surface area (Å²) < 4.78 is 0. The molecule has 0 aliphatic carbocycles. The number of amides is 1. The Labute approximate surface area is 122 Å². The number of nitrogens with zero attached hydrogens (tertiary/aromatic N) is 1. The van der Waals surface area contributed by atoms with Gasteiger partial charge in [0.15, 0.2) is 0 Å². The van der Waals surface area contributed by atoms with Crippen molar-refractivity contribution in [1.82, 2.24) is 4.90 Å². The lowest BCUT2D eigenvalue weighted by atomic mass is 9.89. The zero-order valence-electron chi connectivity index (χ0n) is 12.6. The fourth-order valence-electron chi connectivity index (χ4n) is 3.11. The van der Waals surface area contributed by atoms with E-state index >= 15 is 0 Å². The molecule has 2 rings (SSSR count). The van der Waals surface area contributed by atoms with Crippen LogP contribution in [0.25, 0.3) is 0 Å². The highest BCUT2D eigenvalue weighted by molar-refractivity contribution is 5.87. The predicted molar refractivity (Wildman–Crippen MR) is 82.2 cm³/mol. The Bertz CT molecular complexity index is 440. The van der Waals surface area contributed by atoms with Gasteiger partial charge in [0.2, 0.25) is 5.91 Å². The largest absolute Gasteiger partial charge is 0.338 e. The molecule has 0 spiro atoms. The van der Waals surface area contributed by atoms with E-state index in [-0.39, 0.29) is 5.91 Å². The van der Waals surface area contributed by atoms with Crippen molar-refractivity contribution < 1.29 is 4.79 Å². The van der Waals surface area contributed by atoms with Crippen LogP contribution in [-0.4, -0.2) is 23.4 Å². The monoisotopic (exact) mass is 274 g/mol. The molecule has 0 aromatic heterocycles. The summed E-state index contributed by atoms with van der Waals surface area (Å²) in [6.07, 6.45) is 5.63. The number of carbonyl (C=O) groups excluding carboxylic acids is 1. The molecule has 0 radical (unpaired) electrons. The van der Waals surface area contributed by atoms with Gasteiger partial charge in [-0.05, 0) is 38.2 Å².